The number of hydrogen-bond acceptors (Lipinski definition) is 4. The number of para-hydroxylation sites is 1. The number of carbonyl (C=O) groups excluding carboxylic acids is 1. The Hall–Kier alpha value is -3.35. The minimum absolute atomic E-state index is 0.125. The van der Waals surface area contributed by atoms with Crippen LogP contribution in [0.1, 0.15) is 16.3 Å². The quantitative estimate of drug-likeness (QED) is 0.767. The standard InChI is InChI=1S/C19H16F2N4O/c1-12-22-17(19(26)24-13-8-9-15(20)16(21)10-13)11-18(23-12)25(2)14-6-4-3-5-7-14/h3-11H,1-2H3,(H,24,26). The third-order valence-electron chi connectivity index (χ3n) is 3.72. The number of nitrogens with one attached hydrogen (secondary N) is 1. The Morgan fingerprint density at radius 1 is 1.00 bits per heavy atom. The fraction of sp³-hybridized carbons (Fsp3) is 0.105. The summed E-state index contributed by atoms with van der Waals surface area (Å²) in [5.41, 5.74) is 1.17. The molecule has 26 heavy (non-hydrogen) atoms. The molecule has 7 heteroatoms. The Morgan fingerprint density at radius 2 is 1.73 bits per heavy atom. The zero-order valence-corrected chi connectivity index (χ0v) is 14.2. The van der Waals surface area contributed by atoms with Crippen LogP contribution in [0.2, 0.25) is 0 Å². The fourth-order valence-electron chi connectivity index (χ4n) is 2.39. The van der Waals surface area contributed by atoms with Gasteiger partial charge in [-0.05, 0) is 31.2 Å². The van der Waals surface area contributed by atoms with Crippen LogP contribution >= 0.6 is 0 Å². The van der Waals surface area contributed by atoms with Crippen molar-refractivity contribution in [2.45, 2.75) is 6.92 Å². The molecule has 0 atom stereocenters. The second-order valence-corrected chi connectivity index (χ2v) is 5.64. The maximum absolute atomic E-state index is 13.3. The van der Waals surface area contributed by atoms with Gasteiger partial charge in [-0.1, -0.05) is 18.2 Å². The number of carbonyl (C=O) groups is 1. The Labute approximate surface area is 149 Å². The molecule has 0 saturated carbocycles. The normalized spacial score (nSPS) is 10.5. The van der Waals surface area contributed by atoms with Crippen molar-refractivity contribution in [3.63, 3.8) is 0 Å². The van der Waals surface area contributed by atoms with E-state index < -0.39 is 17.5 Å². The molecule has 3 aromatic rings. The lowest BCUT2D eigenvalue weighted by Gasteiger charge is -2.19. The Kier molecular flexibility index (Phi) is 4.88. The van der Waals surface area contributed by atoms with Crippen molar-refractivity contribution in [1.82, 2.24) is 9.97 Å². The van der Waals surface area contributed by atoms with Crippen molar-refractivity contribution in [3.8, 4) is 0 Å². The number of rotatable bonds is 4. The van der Waals surface area contributed by atoms with Gasteiger partial charge in [0.2, 0.25) is 0 Å². The zero-order chi connectivity index (χ0) is 18.7. The van der Waals surface area contributed by atoms with Crippen molar-refractivity contribution < 1.29 is 13.6 Å². The number of amides is 1. The lowest BCUT2D eigenvalue weighted by molar-refractivity contribution is 0.102. The summed E-state index contributed by atoms with van der Waals surface area (Å²) >= 11 is 0. The highest BCUT2D eigenvalue weighted by molar-refractivity contribution is 6.03. The molecule has 0 fully saturated rings. The maximum atomic E-state index is 13.3. The predicted octanol–water partition coefficient (Wildman–Crippen LogP) is 4.08. The summed E-state index contributed by atoms with van der Waals surface area (Å²) in [6.07, 6.45) is 0. The van der Waals surface area contributed by atoms with Gasteiger partial charge in [-0.3, -0.25) is 4.79 Å². The van der Waals surface area contributed by atoms with Crippen molar-refractivity contribution in [3.05, 3.63) is 77.8 Å². The second-order valence-electron chi connectivity index (χ2n) is 5.64. The number of benzene rings is 2. The molecule has 3 rings (SSSR count). The number of aryl methyl sites for hydroxylation is 1. The van der Waals surface area contributed by atoms with Gasteiger partial charge in [0.05, 0.1) is 0 Å². The van der Waals surface area contributed by atoms with Crippen LogP contribution in [-0.4, -0.2) is 22.9 Å². The van der Waals surface area contributed by atoms with Crippen LogP contribution in [0, 0.1) is 18.6 Å². The van der Waals surface area contributed by atoms with Gasteiger partial charge < -0.3 is 10.2 Å². The van der Waals surface area contributed by atoms with Gasteiger partial charge in [-0.2, -0.15) is 0 Å². The van der Waals surface area contributed by atoms with E-state index in [-0.39, 0.29) is 11.4 Å². The molecule has 0 unspecified atom stereocenters. The molecular formula is C19H16F2N4O. The number of nitrogens with zero attached hydrogens (tertiary/aromatic N) is 3. The first-order valence-corrected chi connectivity index (χ1v) is 7.85. The van der Waals surface area contributed by atoms with E-state index in [4.69, 9.17) is 0 Å². The molecule has 0 bridgehead atoms. The Bertz CT molecular complexity index is 948. The summed E-state index contributed by atoms with van der Waals surface area (Å²) < 4.78 is 26.3. The molecule has 0 aliphatic heterocycles. The van der Waals surface area contributed by atoms with Gasteiger partial charge in [0.1, 0.15) is 17.3 Å². The average Bonchev–Trinajstić information content (AvgIpc) is 2.64. The lowest BCUT2D eigenvalue weighted by Crippen LogP contribution is -2.18. The molecule has 0 saturated heterocycles. The molecule has 1 N–H and O–H groups in total. The van der Waals surface area contributed by atoms with Crippen molar-refractivity contribution in [2.75, 3.05) is 17.3 Å². The number of hydrogen-bond donors (Lipinski definition) is 1. The molecule has 0 aliphatic carbocycles. The maximum Gasteiger partial charge on any atom is 0.274 e. The van der Waals surface area contributed by atoms with E-state index in [1.54, 1.807) is 6.92 Å². The van der Waals surface area contributed by atoms with Crippen molar-refractivity contribution in [1.29, 1.82) is 0 Å². The van der Waals surface area contributed by atoms with Crippen LogP contribution in [0.25, 0.3) is 0 Å². The molecule has 0 spiro atoms. The van der Waals surface area contributed by atoms with Gasteiger partial charge in [-0.25, -0.2) is 18.7 Å². The highest BCUT2D eigenvalue weighted by Gasteiger charge is 2.14. The average molecular weight is 354 g/mol. The highest BCUT2D eigenvalue weighted by Crippen LogP contribution is 2.22. The summed E-state index contributed by atoms with van der Waals surface area (Å²) in [6, 6.07) is 14.2. The van der Waals surface area contributed by atoms with E-state index in [2.05, 4.69) is 15.3 Å². The molecule has 0 aliphatic rings. The third kappa shape index (κ3) is 3.83. The Morgan fingerprint density at radius 3 is 2.42 bits per heavy atom. The Balaban J connectivity index is 1.87. The molecular weight excluding hydrogens is 338 g/mol. The minimum atomic E-state index is -1.04. The van der Waals surface area contributed by atoms with Crippen LogP contribution in [0.4, 0.5) is 26.0 Å². The van der Waals surface area contributed by atoms with Crippen LogP contribution in [0.3, 0.4) is 0 Å². The van der Waals surface area contributed by atoms with E-state index in [1.165, 1.54) is 12.1 Å². The fourth-order valence-corrected chi connectivity index (χ4v) is 2.39. The number of halogens is 2. The largest absolute Gasteiger partial charge is 0.329 e. The highest BCUT2D eigenvalue weighted by atomic mass is 19.2. The molecule has 1 heterocycles. The third-order valence-corrected chi connectivity index (χ3v) is 3.72. The van der Waals surface area contributed by atoms with E-state index in [9.17, 15) is 13.6 Å². The predicted molar refractivity (Wildman–Crippen MR) is 95.6 cm³/mol. The SMILES string of the molecule is Cc1nc(C(=O)Nc2ccc(F)c(F)c2)cc(N(C)c2ccccc2)n1. The van der Waals surface area contributed by atoms with Gasteiger partial charge in [0, 0.05) is 30.6 Å². The van der Waals surface area contributed by atoms with E-state index >= 15 is 0 Å². The van der Waals surface area contributed by atoms with Crippen molar-refractivity contribution >= 4 is 23.1 Å². The second kappa shape index (κ2) is 7.26. The van der Waals surface area contributed by atoms with E-state index in [0.29, 0.717) is 11.6 Å². The van der Waals surface area contributed by atoms with Crippen LogP contribution < -0.4 is 10.2 Å². The summed E-state index contributed by atoms with van der Waals surface area (Å²) in [7, 11) is 1.83. The summed E-state index contributed by atoms with van der Waals surface area (Å²) in [5, 5.41) is 2.50. The topological polar surface area (TPSA) is 58.1 Å². The van der Waals surface area contributed by atoms with E-state index in [0.717, 1.165) is 17.8 Å². The smallest absolute Gasteiger partial charge is 0.274 e. The number of anilines is 3. The summed E-state index contributed by atoms with van der Waals surface area (Å²) in [4.78, 5) is 22.7. The van der Waals surface area contributed by atoms with Crippen LogP contribution in [-0.2, 0) is 0 Å². The van der Waals surface area contributed by atoms with Crippen LogP contribution in [0.5, 0.6) is 0 Å². The first-order chi connectivity index (χ1) is 12.4. The number of aromatic nitrogens is 2. The van der Waals surface area contributed by atoms with Gasteiger partial charge >= 0.3 is 0 Å². The molecule has 2 aromatic carbocycles. The van der Waals surface area contributed by atoms with Crippen molar-refractivity contribution in [2.24, 2.45) is 0 Å². The first-order valence-electron chi connectivity index (χ1n) is 7.85. The molecule has 0 radical (unpaired) electrons. The van der Waals surface area contributed by atoms with Gasteiger partial charge in [0.25, 0.3) is 5.91 Å². The zero-order valence-electron chi connectivity index (χ0n) is 14.2. The summed E-state index contributed by atoms with van der Waals surface area (Å²) in [6.45, 7) is 1.68. The monoisotopic (exact) mass is 354 g/mol. The van der Waals surface area contributed by atoms with Crippen LogP contribution in [0.15, 0.2) is 54.6 Å². The first kappa shape index (κ1) is 17.5. The van der Waals surface area contributed by atoms with E-state index in [1.807, 2.05) is 42.3 Å². The van der Waals surface area contributed by atoms with Gasteiger partial charge in [0.15, 0.2) is 11.6 Å². The van der Waals surface area contributed by atoms with Gasteiger partial charge in [-0.15, -0.1) is 0 Å². The summed E-state index contributed by atoms with van der Waals surface area (Å²) in [5.74, 6) is -1.59. The molecule has 132 valence electrons. The molecule has 1 amide bonds. The molecule has 5 nitrogen and oxygen atoms in total. The minimum Gasteiger partial charge on any atom is -0.329 e. The molecule has 1 aromatic heterocycles. The lowest BCUT2D eigenvalue weighted by atomic mass is 10.2.